The molecule has 0 bridgehead atoms. The molecular weight excluding hydrogens is 459 g/mol. The van der Waals surface area contributed by atoms with Gasteiger partial charge < -0.3 is 4.42 Å². The number of nitrogens with zero attached hydrogens (tertiary/aromatic N) is 1. The van der Waals surface area contributed by atoms with Crippen molar-refractivity contribution in [2.45, 2.75) is 53.4 Å². The highest BCUT2D eigenvalue weighted by molar-refractivity contribution is 6.30. The lowest BCUT2D eigenvalue weighted by molar-refractivity contribution is 0.473. The molecule has 3 aromatic rings. The first-order valence-corrected chi connectivity index (χ1v) is 11.8. The highest BCUT2D eigenvalue weighted by Crippen LogP contribution is 2.28. The maximum Gasteiger partial charge on any atom is 0.128 e. The van der Waals surface area contributed by atoms with Gasteiger partial charge >= 0.3 is 0 Å². The average molecular weight is 488 g/mol. The fraction of sp³-hybridized carbons (Fsp3) is 0.321. The van der Waals surface area contributed by atoms with Gasteiger partial charge in [0.25, 0.3) is 0 Å². The number of rotatable bonds is 9. The Hall–Kier alpha value is -2.79. The quantitative estimate of drug-likeness (QED) is 0.278. The second kappa shape index (κ2) is 11.6. The van der Waals surface area contributed by atoms with Crippen LogP contribution in [0, 0.1) is 24.4 Å². The van der Waals surface area contributed by atoms with Gasteiger partial charge in [-0.3, -0.25) is 4.99 Å². The van der Waals surface area contributed by atoms with Crippen molar-refractivity contribution >= 4 is 22.9 Å². The summed E-state index contributed by atoms with van der Waals surface area (Å²) in [5.74, 6) is 0.0400. The number of furan rings is 1. The number of allylic oxidation sites excluding steroid dienone is 1. The SMILES string of the molecule is CCC=C(CCN=C(C)c1cc(Cc2cc(F)ccc2F)oc1CC)c1cc(Cl)cc(F)c1C. The summed E-state index contributed by atoms with van der Waals surface area (Å²) in [7, 11) is 0. The highest BCUT2D eigenvalue weighted by atomic mass is 35.5. The zero-order valence-corrected chi connectivity index (χ0v) is 20.7. The molecular formula is C28H29ClF3NO. The molecule has 0 fully saturated rings. The third kappa shape index (κ3) is 6.20. The van der Waals surface area contributed by atoms with Gasteiger partial charge in [-0.1, -0.05) is 31.5 Å². The van der Waals surface area contributed by atoms with Crippen LogP contribution in [0.1, 0.15) is 67.4 Å². The minimum Gasteiger partial charge on any atom is -0.465 e. The van der Waals surface area contributed by atoms with E-state index in [0.29, 0.717) is 35.7 Å². The molecule has 0 aliphatic heterocycles. The number of aryl methyl sites for hydroxylation is 1. The lowest BCUT2D eigenvalue weighted by Gasteiger charge is -2.12. The largest absolute Gasteiger partial charge is 0.465 e. The van der Waals surface area contributed by atoms with E-state index in [-0.39, 0.29) is 17.8 Å². The summed E-state index contributed by atoms with van der Waals surface area (Å²) in [5, 5.41) is 0.369. The van der Waals surface area contributed by atoms with Crippen LogP contribution in [0.25, 0.3) is 5.57 Å². The van der Waals surface area contributed by atoms with E-state index in [1.54, 1.807) is 13.0 Å². The predicted molar refractivity (Wildman–Crippen MR) is 133 cm³/mol. The Morgan fingerprint density at radius 2 is 1.79 bits per heavy atom. The van der Waals surface area contributed by atoms with Crippen molar-refractivity contribution in [1.82, 2.24) is 0 Å². The second-order valence-electron chi connectivity index (χ2n) is 8.23. The highest BCUT2D eigenvalue weighted by Gasteiger charge is 2.15. The summed E-state index contributed by atoms with van der Waals surface area (Å²) >= 11 is 6.09. The van der Waals surface area contributed by atoms with Gasteiger partial charge in [-0.15, -0.1) is 0 Å². The van der Waals surface area contributed by atoms with Crippen molar-refractivity contribution in [3.8, 4) is 0 Å². The molecule has 6 heteroatoms. The van der Waals surface area contributed by atoms with E-state index in [2.05, 4.69) is 6.08 Å². The molecule has 0 aliphatic rings. The molecule has 1 heterocycles. The fourth-order valence-corrected chi connectivity index (χ4v) is 4.21. The predicted octanol–water partition coefficient (Wildman–Crippen LogP) is 8.50. The number of halogens is 4. The van der Waals surface area contributed by atoms with Crippen LogP contribution in [0.5, 0.6) is 0 Å². The normalized spacial score (nSPS) is 12.5. The number of aliphatic imine (C=N–C) groups is 1. The summed E-state index contributed by atoms with van der Waals surface area (Å²) in [5.41, 5.74) is 4.29. The van der Waals surface area contributed by atoms with Gasteiger partial charge in [0.2, 0.25) is 0 Å². The number of hydrogen-bond donors (Lipinski definition) is 0. The van der Waals surface area contributed by atoms with Crippen molar-refractivity contribution in [3.63, 3.8) is 0 Å². The Labute approximate surface area is 204 Å². The van der Waals surface area contributed by atoms with Crippen LogP contribution >= 0.6 is 11.6 Å². The molecule has 0 aliphatic carbocycles. The van der Waals surface area contributed by atoms with Crippen molar-refractivity contribution in [2.75, 3.05) is 6.54 Å². The molecule has 2 aromatic carbocycles. The lowest BCUT2D eigenvalue weighted by Crippen LogP contribution is -2.00. The van der Waals surface area contributed by atoms with Gasteiger partial charge in [-0.25, -0.2) is 13.2 Å². The Kier molecular flexibility index (Phi) is 8.78. The Morgan fingerprint density at radius 3 is 2.50 bits per heavy atom. The van der Waals surface area contributed by atoms with E-state index in [4.69, 9.17) is 21.0 Å². The van der Waals surface area contributed by atoms with Crippen molar-refractivity contribution in [2.24, 2.45) is 4.99 Å². The zero-order chi connectivity index (χ0) is 24.8. The molecule has 0 spiro atoms. The van der Waals surface area contributed by atoms with E-state index in [1.807, 2.05) is 26.8 Å². The Bertz CT molecular complexity index is 1230. The molecule has 0 amide bonds. The van der Waals surface area contributed by atoms with Crippen LogP contribution in [-0.2, 0) is 12.8 Å². The minimum absolute atomic E-state index is 0.160. The smallest absolute Gasteiger partial charge is 0.128 e. The van der Waals surface area contributed by atoms with Crippen molar-refractivity contribution in [1.29, 1.82) is 0 Å². The first-order valence-electron chi connectivity index (χ1n) is 11.4. The topological polar surface area (TPSA) is 25.5 Å². The first kappa shape index (κ1) is 25.8. The third-order valence-corrected chi connectivity index (χ3v) is 6.00. The third-order valence-electron chi connectivity index (χ3n) is 5.78. The van der Waals surface area contributed by atoms with Crippen LogP contribution in [0.4, 0.5) is 13.2 Å². The summed E-state index contributed by atoms with van der Waals surface area (Å²) in [6.45, 7) is 8.17. The van der Waals surface area contributed by atoms with Gasteiger partial charge in [-0.2, -0.15) is 0 Å². The summed E-state index contributed by atoms with van der Waals surface area (Å²) in [4.78, 5) is 4.73. The maximum absolute atomic E-state index is 14.2. The van der Waals surface area contributed by atoms with E-state index in [9.17, 15) is 13.2 Å². The van der Waals surface area contributed by atoms with Crippen LogP contribution in [0.3, 0.4) is 0 Å². The van der Waals surface area contributed by atoms with Gasteiger partial charge in [0.15, 0.2) is 0 Å². The van der Waals surface area contributed by atoms with E-state index < -0.39 is 11.6 Å². The standard InChI is InChI=1S/C28H29ClF3NO/c1-5-7-19(24-14-21(29)15-27(32)17(24)3)10-11-33-18(4)25-16-23(34-28(25)6-2)13-20-12-22(30)8-9-26(20)31/h7-9,12,14-16H,5-6,10-11,13H2,1-4H3. The molecule has 0 radical (unpaired) electrons. The van der Waals surface area contributed by atoms with Gasteiger partial charge in [0.1, 0.15) is 29.0 Å². The number of benzene rings is 2. The summed E-state index contributed by atoms with van der Waals surface area (Å²) < 4.78 is 47.7. The molecule has 2 nitrogen and oxygen atoms in total. The number of hydrogen-bond acceptors (Lipinski definition) is 2. The molecule has 0 atom stereocenters. The monoisotopic (exact) mass is 487 g/mol. The minimum atomic E-state index is -0.484. The van der Waals surface area contributed by atoms with Crippen LogP contribution in [-0.4, -0.2) is 12.3 Å². The lowest BCUT2D eigenvalue weighted by atomic mass is 9.96. The molecule has 180 valence electrons. The first-order chi connectivity index (χ1) is 16.2. The van der Waals surface area contributed by atoms with Crippen LogP contribution in [0.2, 0.25) is 5.02 Å². The molecule has 3 rings (SSSR count). The van der Waals surface area contributed by atoms with E-state index in [1.165, 1.54) is 12.1 Å². The maximum atomic E-state index is 14.2. The van der Waals surface area contributed by atoms with Crippen molar-refractivity contribution < 1.29 is 17.6 Å². The average Bonchev–Trinajstić information content (AvgIpc) is 3.21. The Morgan fingerprint density at radius 1 is 1.03 bits per heavy atom. The van der Waals surface area contributed by atoms with Gasteiger partial charge in [-0.05, 0) is 85.4 Å². The van der Waals surface area contributed by atoms with Crippen molar-refractivity contribution in [3.05, 3.63) is 98.7 Å². The van der Waals surface area contributed by atoms with Crippen LogP contribution in [0.15, 0.2) is 51.9 Å². The van der Waals surface area contributed by atoms with Crippen LogP contribution < -0.4 is 0 Å². The molecule has 0 saturated heterocycles. The van der Waals surface area contributed by atoms with E-state index in [0.717, 1.165) is 46.7 Å². The van der Waals surface area contributed by atoms with Gasteiger partial charge in [0, 0.05) is 35.7 Å². The zero-order valence-electron chi connectivity index (χ0n) is 19.9. The molecule has 0 saturated carbocycles. The molecule has 1 aromatic heterocycles. The molecule has 0 unspecified atom stereocenters. The molecule has 34 heavy (non-hydrogen) atoms. The van der Waals surface area contributed by atoms with Gasteiger partial charge in [0.05, 0.1) is 0 Å². The Balaban J connectivity index is 1.79. The van der Waals surface area contributed by atoms with E-state index >= 15 is 0 Å². The summed E-state index contributed by atoms with van der Waals surface area (Å²) in [6, 6.07) is 8.37. The summed E-state index contributed by atoms with van der Waals surface area (Å²) in [6.07, 6.45) is 4.33. The fourth-order valence-electron chi connectivity index (χ4n) is 4.01. The molecule has 0 N–H and O–H groups in total. The second-order valence-corrected chi connectivity index (χ2v) is 8.67.